The molecule has 1 aliphatic carbocycles. The number of hydrogen-bond donors (Lipinski definition) is 2. The molecular formula is C14H18N4O2S. The third kappa shape index (κ3) is 2.79. The zero-order chi connectivity index (χ0) is 14.9. The van der Waals surface area contributed by atoms with Gasteiger partial charge < -0.3 is 5.32 Å². The molecule has 0 radical (unpaired) electrons. The van der Waals surface area contributed by atoms with Crippen molar-refractivity contribution in [1.29, 1.82) is 5.26 Å². The van der Waals surface area contributed by atoms with Gasteiger partial charge in [0.1, 0.15) is 11.0 Å². The van der Waals surface area contributed by atoms with E-state index in [2.05, 4.69) is 15.0 Å². The molecular weight excluding hydrogens is 288 g/mol. The van der Waals surface area contributed by atoms with E-state index in [1.54, 1.807) is 0 Å². The fourth-order valence-electron chi connectivity index (χ4n) is 3.22. The van der Waals surface area contributed by atoms with Crippen LogP contribution >= 0.6 is 0 Å². The van der Waals surface area contributed by atoms with Crippen molar-refractivity contribution in [3.05, 3.63) is 24.0 Å². The third-order valence-electron chi connectivity index (χ3n) is 4.43. The Hall–Kier alpha value is -1.49. The number of piperidine rings is 1. The number of sulfonamides is 1. The van der Waals surface area contributed by atoms with Crippen molar-refractivity contribution in [3.63, 3.8) is 0 Å². The van der Waals surface area contributed by atoms with Crippen LogP contribution in [0.15, 0.2) is 23.2 Å². The second-order valence-electron chi connectivity index (χ2n) is 5.83. The summed E-state index contributed by atoms with van der Waals surface area (Å²) in [5.41, 5.74) is 0.0654. The monoisotopic (exact) mass is 306 g/mol. The maximum Gasteiger partial charge on any atom is 0.243 e. The highest BCUT2D eigenvalue weighted by Gasteiger charge is 2.41. The molecule has 7 heteroatoms. The summed E-state index contributed by atoms with van der Waals surface area (Å²) < 4.78 is 27.7. The number of nitrogens with one attached hydrogen (secondary N) is 2. The summed E-state index contributed by atoms with van der Waals surface area (Å²) in [5, 5.41) is 12.5. The molecule has 1 saturated carbocycles. The van der Waals surface area contributed by atoms with Crippen molar-refractivity contribution in [2.24, 2.45) is 0 Å². The third-order valence-corrected chi connectivity index (χ3v) is 5.98. The minimum absolute atomic E-state index is 0.0336. The van der Waals surface area contributed by atoms with Crippen molar-refractivity contribution in [1.82, 2.24) is 15.0 Å². The predicted molar refractivity (Wildman–Crippen MR) is 76.9 cm³/mol. The zero-order valence-electron chi connectivity index (χ0n) is 11.7. The summed E-state index contributed by atoms with van der Waals surface area (Å²) in [6.45, 7) is 0.825. The van der Waals surface area contributed by atoms with Crippen LogP contribution in [0.4, 0.5) is 0 Å². The van der Waals surface area contributed by atoms with Crippen LogP contribution in [0.5, 0.6) is 0 Å². The molecule has 1 aromatic heterocycles. The molecule has 112 valence electrons. The highest BCUT2D eigenvalue weighted by Crippen LogP contribution is 2.38. The first-order valence-electron chi connectivity index (χ1n) is 7.17. The lowest BCUT2D eigenvalue weighted by Crippen LogP contribution is -2.59. The van der Waals surface area contributed by atoms with E-state index in [-0.39, 0.29) is 22.2 Å². The van der Waals surface area contributed by atoms with Crippen LogP contribution in [0.1, 0.15) is 37.8 Å². The summed E-state index contributed by atoms with van der Waals surface area (Å²) in [7, 11) is -3.70. The zero-order valence-corrected chi connectivity index (χ0v) is 12.5. The molecule has 1 saturated heterocycles. The van der Waals surface area contributed by atoms with Crippen molar-refractivity contribution >= 4 is 10.0 Å². The van der Waals surface area contributed by atoms with E-state index in [4.69, 9.17) is 5.26 Å². The van der Waals surface area contributed by atoms with Gasteiger partial charge in [-0.3, -0.25) is 0 Å². The van der Waals surface area contributed by atoms with Gasteiger partial charge in [-0.25, -0.2) is 18.1 Å². The molecule has 2 aliphatic rings. The number of nitrogens with zero attached hydrogens (tertiary/aromatic N) is 2. The Bertz CT molecular complexity index is 676. The lowest BCUT2D eigenvalue weighted by atomic mass is 9.70. The normalized spacial score (nSPS) is 24.2. The molecule has 0 aromatic carbocycles. The maximum absolute atomic E-state index is 12.5. The largest absolute Gasteiger partial charge is 0.311 e. The highest BCUT2D eigenvalue weighted by atomic mass is 32.2. The average Bonchev–Trinajstić information content (AvgIpc) is 2.45. The van der Waals surface area contributed by atoms with Crippen LogP contribution in [0, 0.1) is 11.3 Å². The van der Waals surface area contributed by atoms with Gasteiger partial charge in [-0.2, -0.15) is 5.26 Å². The van der Waals surface area contributed by atoms with Gasteiger partial charge in [0.2, 0.25) is 10.0 Å². The molecule has 1 aliphatic heterocycles. The van der Waals surface area contributed by atoms with Gasteiger partial charge in [-0.05, 0) is 50.8 Å². The summed E-state index contributed by atoms with van der Waals surface area (Å²) in [4.78, 5) is 3.79. The van der Waals surface area contributed by atoms with Gasteiger partial charge in [0.25, 0.3) is 0 Å². The smallest absolute Gasteiger partial charge is 0.243 e. The van der Waals surface area contributed by atoms with Gasteiger partial charge in [-0.1, -0.05) is 0 Å². The van der Waals surface area contributed by atoms with Gasteiger partial charge in [0, 0.05) is 17.8 Å². The first kappa shape index (κ1) is 14.4. The molecule has 0 amide bonds. The van der Waals surface area contributed by atoms with E-state index in [0.29, 0.717) is 0 Å². The SMILES string of the molecule is N#Cc1ncccc1S(=O)(=O)NC1CCNC2(CCC2)C1. The number of nitriles is 1. The van der Waals surface area contributed by atoms with Crippen LogP contribution in [0.2, 0.25) is 0 Å². The lowest BCUT2D eigenvalue weighted by molar-refractivity contribution is 0.126. The molecule has 21 heavy (non-hydrogen) atoms. The van der Waals surface area contributed by atoms with Crippen LogP contribution in [-0.2, 0) is 10.0 Å². The van der Waals surface area contributed by atoms with Crippen LogP contribution < -0.4 is 10.0 Å². The molecule has 2 fully saturated rings. The molecule has 2 N–H and O–H groups in total. The van der Waals surface area contributed by atoms with E-state index in [9.17, 15) is 8.42 Å². The first-order valence-corrected chi connectivity index (χ1v) is 8.65. The Morgan fingerprint density at radius 1 is 1.48 bits per heavy atom. The second kappa shape index (κ2) is 5.37. The number of pyridine rings is 1. The highest BCUT2D eigenvalue weighted by molar-refractivity contribution is 7.89. The van der Waals surface area contributed by atoms with Crippen molar-refractivity contribution in [2.75, 3.05) is 6.54 Å². The predicted octanol–water partition coefficient (Wildman–Crippen LogP) is 0.906. The molecule has 1 aromatic rings. The van der Waals surface area contributed by atoms with E-state index >= 15 is 0 Å². The Morgan fingerprint density at radius 3 is 2.95 bits per heavy atom. The Labute approximate surface area is 124 Å². The maximum atomic E-state index is 12.5. The first-order chi connectivity index (χ1) is 10.0. The molecule has 1 atom stereocenters. The fraction of sp³-hybridized carbons (Fsp3) is 0.571. The summed E-state index contributed by atoms with van der Waals surface area (Å²) >= 11 is 0. The van der Waals surface area contributed by atoms with Gasteiger partial charge in [-0.15, -0.1) is 0 Å². The van der Waals surface area contributed by atoms with Gasteiger partial charge in [0.15, 0.2) is 5.69 Å². The Morgan fingerprint density at radius 2 is 2.29 bits per heavy atom. The average molecular weight is 306 g/mol. The number of aromatic nitrogens is 1. The quantitative estimate of drug-likeness (QED) is 0.865. The van der Waals surface area contributed by atoms with Crippen molar-refractivity contribution in [3.8, 4) is 6.07 Å². The molecule has 6 nitrogen and oxygen atoms in total. The lowest BCUT2D eigenvalue weighted by Gasteiger charge is -2.48. The van der Waals surface area contributed by atoms with E-state index in [1.165, 1.54) is 24.8 Å². The Kier molecular flexibility index (Phi) is 3.69. The van der Waals surface area contributed by atoms with E-state index in [1.807, 2.05) is 6.07 Å². The standard InChI is InChI=1S/C14H18N4O2S/c15-10-12-13(3-1-7-16-12)21(19,20)18-11-4-8-17-14(9-11)5-2-6-14/h1,3,7,11,17-18H,2,4-6,8-9H2. The minimum Gasteiger partial charge on any atom is -0.311 e. The summed E-state index contributed by atoms with van der Waals surface area (Å²) in [6, 6.07) is 4.71. The van der Waals surface area contributed by atoms with Crippen LogP contribution in [-0.4, -0.2) is 31.5 Å². The van der Waals surface area contributed by atoms with Gasteiger partial charge >= 0.3 is 0 Å². The fourth-order valence-corrected chi connectivity index (χ4v) is 4.59. The number of hydrogen-bond acceptors (Lipinski definition) is 5. The molecule has 0 bridgehead atoms. The van der Waals surface area contributed by atoms with Crippen LogP contribution in [0.25, 0.3) is 0 Å². The topological polar surface area (TPSA) is 94.9 Å². The van der Waals surface area contributed by atoms with E-state index < -0.39 is 10.0 Å². The Balaban J connectivity index is 1.78. The molecule has 3 rings (SSSR count). The summed E-state index contributed by atoms with van der Waals surface area (Å²) in [5.74, 6) is 0. The minimum atomic E-state index is -3.70. The summed E-state index contributed by atoms with van der Waals surface area (Å²) in [6.07, 6.45) is 6.43. The van der Waals surface area contributed by atoms with Crippen LogP contribution in [0.3, 0.4) is 0 Å². The molecule has 1 spiro atoms. The number of rotatable bonds is 3. The van der Waals surface area contributed by atoms with Gasteiger partial charge in [0.05, 0.1) is 0 Å². The molecule has 2 heterocycles. The van der Waals surface area contributed by atoms with Crippen molar-refractivity contribution < 1.29 is 8.42 Å². The second-order valence-corrected chi connectivity index (χ2v) is 7.52. The molecule has 1 unspecified atom stereocenters. The van der Waals surface area contributed by atoms with E-state index in [0.717, 1.165) is 32.2 Å². The van der Waals surface area contributed by atoms with Crippen molar-refractivity contribution in [2.45, 2.75) is 48.6 Å².